The van der Waals surface area contributed by atoms with E-state index >= 15 is 0 Å². The molecule has 0 radical (unpaired) electrons. The number of ether oxygens (including phenoxy) is 1. The van der Waals surface area contributed by atoms with Crippen LogP contribution in [0.15, 0.2) is 24.4 Å². The summed E-state index contributed by atoms with van der Waals surface area (Å²) in [6, 6.07) is 5.19. The summed E-state index contributed by atoms with van der Waals surface area (Å²) in [4.78, 5) is 26.2. The van der Waals surface area contributed by atoms with Crippen molar-refractivity contribution in [3.63, 3.8) is 0 Å². The van der Waals surface area contributed by atoms with E-state index in [4.69, 9.17) is 9.84 Å². The number of carboxylic acids is 1. The fourth-order valence-corrected chi connectivity index (χ4v) is 2.35. The number of hydrogen-bond donors (Lipinski definition) is 3. The smallest absolute Gasteiger partial charge is 0.308 e. The van der Waals surface area contributed by atoms with Gasteiger partial charge in [0, 0.05) is 23.1 Å². The van der Waals surface area contributed by atoms with E-state index in [-0.39, 0.29) is 12.3 Å². The Hall–Kier alpha value is -2.50. The number of rotatable bonds is 6. The van der Waals surface area contributed by atoms with Crippen molar-refractivity contribution in [1.82, 2.24) is 10.3 Å². The van der Waals surface area contributed by atoms with Gasteiger partial charge in [0.25, 0.3) is 0 Å². The number of hydrogen-bond acceptors (Lipinski definition) is 3. The van der Waals surface area contributed by atoms with Crippen LogP contribution < -0.4 is 10.1 Å². The molecular formula is C16H20N2O4. The van der Waals surface area contributed by atoms with Crippen molar-refractivity contribution >= 4 is 22.8 Å². The summed E-state index contributed by atoms with van der Waals surface area (Å²) in [6.45, 7) is 3.26. The topological polar surface area (TPSA) is 91.4 Å². The van der Waals surface area contributed by atoms with Gasteiger partial charge in [-0.2, -0.15) is 0 Å². The van der Waals surface area contributed by atoms with Crippen LogP contribution in [0.1, 0.15) is 19.4 Å². The fraction of sp³-hybridized carbons (Fsp3) is 0.375. The van der Waals surface area contributed by atoms with Gasteiger partial charge < -0.3 is 20.1 Å². The molecule has 0 spiro atoms. The molecule has 2 rings (SSSR count). The molecule has 1 heterocycles. The molecule has 1 amide bonds. The first kappa shape index (κ1) is 15.9. The Morgan fingerprint density at radius 2 is 2.09 bits per heavy atom. The Bertz CT molecular complexity index is 693. The second kappa shape index (κ2) is 6.51. The molecular weight excluding hydrogens is 284 g/mol. The van der Waals surface area contributed by atoms with Gasteiger partial charge in [-0.1, -0.05) is 6.07 Å². The number of H-pyrrole nitrogens is 1. The summed E-state index contributed by atoms with van der Waals surface area (Å²) >= 11 is 0. The lowest BCUT2D eigenvalue weighted by atomic mass is 10.0. The minimum atomic E-state index is -0.929. The lowest BCUT2D eigenvalue weighted by Crippen LogP contribution is -2.40. The van der Waals surface area contributed by atoms with Gasteiger partial charge in [0.05, 0.1) is 19.4 Å². The molecule has 0 fully saturated rings. The molecule has 2 unspecified atom stereocenters. The molecule has 0 saturated heterocycles. The van der Waals surface area contributed by atoms with Gasteiger partial charge in [-0.25, -0.2) is 0 Å². The molecule has 0 aliphatic heterocycles. The van der Waals surface area contributed by atoms with Crippen LogP contribution in [0.3, 0.4) is 0 Å². The van der Waals surface area contributed by atoms with Gasteiger partial charge in [-0.05, 0) is 31.5 Å². The number of methoxy groups -OCH3 is 1. The average molecular weight is 304 g/mol. The van der Waals surface area contributed by atoms with Crippen molar-refractivity contribution in [2.75, 3.05) is 7.11 Å². The molecule has 3 N–H and O–H groups in total. The van der Waals surface area contributed by atoms with Crippen LogP contribution in [0.2, 0.25) is 0 Å². The number of carbonyl (C=O) groups is 2. The van der Waals surface area contributed by atoms with Crippen LogP contribution in [0.5, 0.6) is 5.75 Å². The first-order chi connectivity index (χ1) is 10.4. The quantitative estimate of drug-likeness (QED) is 0.760. The van der Waals surface area contributed by atoms with Crippen molar-refractivity contribution in [2.45, 2.75) is 26.3 Å². The molecule has 6 nitrogen and oxygen atoms in total. The Morgan fingerprint density at radius 1 is 1.36 bits per heavy atom. The predicted octanol–water partition coefficient (Wildman–Crippen LogP) is 1.94. The highest BCUT2D eigenvalue weighted by Crippen LogP contribution is 2.28. The van der Waals surface area contributed by atoms with Gasteiger partial charge in [0.2, 0.25) is 5.91 Å². The van der Waals surface area contributed by atoms with Crippen LogP contribution in [0.25, 0.3) is 10.9 Å². The summed E-state index contributed by atoms with van der Waals surface area (Å²) in [5.74, 6) is -1.08. The molecule has 1 aromatic carbocycles. The second-order valence-corrected chi connectivity index (χ2v) is 5.36. The molecule has 2 aromatic rings. The zero-order chi connectivity index (χ0) is 16.3. The molecule has 0 aliphatic rings. The van der Waals surface area contributed by atoms with E-state index in [9.17, 15) is 9.59 Å². The van der Waals surface area contributed by atoms with E-state index < -0.39 is 17.9 Å². The lowest BCUT2D eigenvalue weighted by molar-refractivity contribution is -0.142. The monoisotopic (exact) mass is 304 g/mol. The van der Waals surface area contributed by atoms with Crippen LogP contribution in [-0.4, -0.2) is 35.1 Å². The number of aliphatic carboxylic acids is 1. The standard InChI is InChI=1S/C16H20N2O4/c1-9(16(20)21)10(2)18-14(19)7-11-8-17-12-5-4-6-13(22-3)15(11)12/h4-6,8-10,17H,7H2,1-3H3,(H,18,19)(H,20,21). The van der Waals surface area contributed by atoms with Crippen molar-refractivity contribution < 1.29 is 19.4 Å². The molecule has 2 atom stereocenters. The van der Waals surface area contributed by atoms with Crippen molar-refractivity contribution in [3.05, 3.63) is 30.0 Å². The van der Waals surface area contributed by atoms with Crippen LogP contribution in [0, 0.1) is 5.92 Å². The Labute approximate surface area is 128 Å². The zero-order valence-corrected chi connectivity index (χ0v) is 12.8. The average Bonchev–Trinajstić information content (AvgIpc) is 2.89. The molecule has 22 heavy (non-hydrogen) atoms. The maximum atomic E-state index is 12.1. The minimum Gasteiger partial charge on any atom is -0.496 e. The highest BCUT2D eigenvalue weighted by Gasteiger charge is 2.21. The number of carbonyl (C=O) groups excluding carboxylic acids is 1. The Kier molecular flexibility index (Phi) is 4.70. The number of carboxylic acid groups (broad SMARTS) is 1. The van der Waals surface area contributed by atoms with Gasteiger partial charge >= 0.3 is 5.97 Å². The van der Waals surface area contributed by atoms with Crippen LogP contribution in [0.4, 0.5) is 0 Å². The number of fused-ring (bicyclic) bond motifs is 1. The van der Waals surface area contributed by atoms with E-state index in [2.05, 4.69) is 10.3 Å². The van der Waals surface area contributed by atoms with Crippen molar-refractivity contribution in [2.24, 2.45) is 5.92 Å². The van der Waals surface area contributed by atoms with Crippen LogP contribution >= 0.6 is 0 Å². The van der Waals surface area contributed by atoms with E-state index in [1.807, 2.05) is 18.2 Å². The Morgan fingerprint density at radius 3 is 2.73 bits per heavy atom. The first-order valence-electron chi connectivity index (χ1n) is 7.09. The summed E-state index contributed by atoms with van der Waals surface area (Å²) in [5, 5.41) is 12.6. The first-order valence-corrected chi connectivity index (χ1v) is 7.09. The lowest BCUT2D eigenvalue weighted by Gasteiger charge is -2.17. The SMILES string of the molecule is COc1cccc2[nH]cc(CC(=O)NC(C)C(C)C(=O)O)c12. The number of aromatic nitrogens is 1. The number of amides is 1. The molecule has 0 aliphatic carbocycles. The number of nitrogens with one attached hydrogen (secondary N) is 2. The highest BCUT2D eigenvalue weighted by atomic mass is 16.5. The maximum absolute atomic E-state index is 12.1. The second-order valence-electron chi connectivity index (χ2n) is 5.36. The minimum absolute atomic E-state index is 0.164. The van der Waals surface area contributed by atoms with Crippen LogP contribution in [-0.2, 0) is 16.0 Å². The highest BCUT2D eigenvalue weighted by molar-refractivity contribution is 5.93. The molecule has 1 aromatic heterocycles. The van der Waals surface area contributed by atoms with Crippen molar-refractivity contribution in [1.29, 1.82) is 0 Å². The number of aromatic amines is 1. The summed E-state index contributed by atoms with van der Waals surface area (Å²) < 4.78 is 5.33. The van der Waals surface area contributed by atoms with E-state index in [0.29, 0.717) is 5.75 Å². The van der Waals surface area contributed by atoms with Gasteiger partial charge in [0.15, 0.2) is 0 Å². The fourth-order valence-electron chi connectivity index (χ4n) is 2.35. The normalized spacial score (nSPS) is 13.6. The number of benzene rings is 1. The van der Waals surface area contributed by atoms with Gasteiger partial charge in [-0.3, -0.25) is 9.59 Å². The molecule has 0 bridgehead atoms. The third-order valence-electron chi connectivity index (χ3n) is 3.85. The largest absolute Gasteiger partial charge is 0.496 e. The van der Waals surface area contributed by atoms with Crippen molar-refractivity contribution in [3.8, 4) is 5.75 Å². The summed E-state index contributed by atoms with van der Waals surface area (Å²) in [6.07, 6.45) is 1.94. The molecule has 118 valence electrons. The Balaban J connectivity index is 2.14. The van der Waals surface area contributed by atoms with E-state index in [1.165, 1.54) is 0 Å². The van der Waals surface area contributed by atoms with Gasteiger partial charge in [-0.15, -0.1) is 0 Å². The molecule has 0 saturated carbocycles. The zero-order valence-electron chi connectivity index (χ0n) is 12.8. The third kappa shape index (κ3) is 3.21. The third-order valence-corrected chi connectivity index (χ3v) is 3.85. The van der Waals surface area contributed by atoms with E-state index in [0.717, 1.165) is 16.5 Å². The van der Waals surface area contributed by atoms with Gasteiger partial charge in [0.1, 0.15) is 5.75 Å². The summed E-state index contributed by atoms with van der Waals surface area (Å²) in [5.41, 5.74) is 1.72. The molecule has 6 heteroatoms. The summed E-state index contributed by atoms with van der Waals surface area (Å²) in [7, 11) is 1.59. The van der Waals surface area contributed by atoms with E-state index in [1.54, 1.807) is 27.2 Å². The predicted molar refractivity (Wildman–Crippen MR) is 83.0 cm³/mol. The maximum Gasteiger partial charge on any atom is 0.308 e.